The van der Waals surface area contributed by atoms with E-state index in [1.54, 1.807) is 0 Å². The van der Waals surface area contributed by atoms with Gasteiger partial charge in [-0.1, -0.05) is 39.0 Å². The molecule has 0 unspecified atom stereocenters. The lowest BCUT2D eigenvalue weighted by atomic mass is 10.1. The fraction of sp³-hybridized carbons (Fsp3) is 1.00. The van der Waals surface area contributed by atoms with E-state index in [-0.39, 0.29) is 6.16 Å². The molecule has 0 amide bonds. The fourth-order valence-corrected chi connectivity index (χ4v) is 3.28. The number of rotatable bonds is 14. The van der Waals surface area contributed by atoms with Crippen molar-refractivity contribution in [3.8, 4) is 0 Å². The average molecular weight is 322 g/mol. The first-order chi connectivity index (χ1) is 9.77. The third-order valence-corrected chi connectivity index (χ3v) is 4.98. The molecule has 0 bridgehead atoms. The van der Waals surface area contributed by atoms with E-state index in [1.807, 2.05) is 0 Å². The van der Waals surface area contributed by atoms with Crippen molar-refractivity contribution >= 4 is 7.60 Å². The van der Waals surface area contributed by atoms with Crippen LogP contribution in [0.1, 0.15) is 71.1 Å². The van der Waals surface area contributed by atoms with Crippen molar-refractivity contribution in [2.75, 3.05) is 33.3 Å². The van der Waals surface area contributed by atoms with Crippen LogP contribution < -0.4 is 0 Å². The highest BCUT2D eigenvalue weighted by molar-refractivity contribution is 7.51. The van der Waals surface area contributed by atoms with Crippen molar-refractivity contribution < 1.29 is 18.8 Å². The lowest BCUT2D eigenvalue weighted by Crippen LogP contribution is -2.41. The molecule has 0 fully saturated rings. The predicted octanol–water partition coefficient (Wildman–Crippen LogP) is 4.16. The van der Waals surface area contributed by atoms with E-state index in [4.69, 9.17) is 9.79 Å². The Morgan fingerprint density at radius 3 is 1.67 bits per heavy atom. The Labute approximate surface area is 131 Å². The summed E-state index contributed by atoms with van der Waals surface area (Å²) >= 11 is 0. The second-order valence-corrected chi connectivity index (χ2v) is 8.73. The average Bonchev–Trinajstić information content (AvgIpc) is 2.36. The number of hydrogen-bond donors (Lipinski definition) is 2. The molecular formula is C16H37NO3P+. The van der Waals surface area contributed by atoms with Gasteiger partial charge in [-0.2, -0.15) is 0 Å². The number of nitrogens with zero attached hydrogens (tertiary/aromatic N) is 1. The van der Waals surface area contributed by atoms with E-state index in [0.717, 1.165) is 23.7 Å². The Hall–Kier alpha value is 0.110. The van der Waals surface area contributed by atoms with Crippen LogP contribution in [0.15, 0.2) is 0 Å². The molecular weight excluding hydrogens is 285 g/mol. The van der Waals surface area contributed by atoms with Crippen LogP contribution in [0.25, 0.3) is 0 Å². The molecule has 0 aromatic heterocycles. The molecule has 128 valence electrons. The standard InChI is InChI=1S/C16H36NO3P/c1-4-5-6-7-8-11-14-17(2,3)15-12-9-10-13-16-21(18,19)20/h4-16H2,1-3H3,(H-,18,19,20)/p+1. The van der Waals surface area contributed by atoms with Gasteiger partial charge in [-0.3, -0.25) is 4.57 Å². The van der Waals surface area contributed by atoms with Gasteiger partial charge in [-0.15, -0.1) is 0 Å². The van der Waals surface area contributed by atoms with E-state index >= 15 is 0 Å². The van der Waals surface area contributed by atoms with Gasteiger partial charge in [-0.05, 0) is 32.1 Å². The first-order valence-corrected chi connectivity index (χ1v) is 10.4. The maximum absolute atomic E-state index is 10.7. The lowest BCUT2D eigenvalue weighted by molar-refractivity contribution is -0.890. The van der Waals surface area contributed by atoms with Crippen LogP contribution in [0.4, 0.5) is 0 Å². The summed E-state index contributed by atoms with van der Waals surface area (Å²) in [6.07, 6.45) is 12.0. The van der Waals surface area contributed by atoms with E-state index in [2.05, 4.69) is 21.0 Å². The molecule has 0 atom stereocenters. The number of hydrogen-bond acceptors (Lipinski definition) is 1. The van der Waals surface area contributed by atoms with Crippen molar-refractivity contribution in [3.05, 3.63) is 0 Å². The molecule has 2 N–H and O–H groups in total. The van der Waals surface area contributed by atoms with Gasteiger partial charge in [0.2, 0.25) is 0 Å². The van der Waals surface area contributed by atoms with E-state index in [9.17, 15) is 4.57 Å². The molecule has 21 heavy (non-hydrogen) atoms. The highest BCUT2D eigenvalue weighted by atomic mass is 31.2. The molecule has 0 aliphatic carbocycles. The highest BCUT2D eigenvalue weighted by Gasteiger charge is 2.14. The van der Waals surface area contributed by atoms with E-state index in [0.29, 0.717) is 6.42 Å². The van der Waals surface area contributed by atoms with Gasteiger partial charge in [0.1, 0.15) is 0 Å². The van der Waals surface area contributed by atoms with E-state index < -0.39 is 7.60 Å². The summed E-state index contributed by atoms with van der Waals surface area (Å²) < 4.78 is 11.8. The molecule has 0 aliphatic heterocycles. The minimum Gasteiger partial charge on any atom is -0.328 e. The Morgan fingerprint density at radius 2 is 1.19 bits per heavy atom. The summed E-state index contributed by atoms with van der Waals surface area (Å²) in [5.74, 6) is 0. The fourth-order valence-electron chi connectivity index (χ4n) is 2.64. The van der Waals surface area contributed by atoms with Crippen LogP contribution in [-0.4, -0.2) is 47.6 Å². The van der Waals surface area contributed by atoms with Crippen LogP contribution >= 0.6 is 7.60 Å². The van der Waals surface area contributed by atoms with Crippen molar-refractivity contribution in [1.82, 2.24) is 0 Å². The molecule has 4 nitrogen and oxygen atoms in total. The van der Waals surface area contributed by atoms with Crippen LogP contribution in [-0.2, 0) is 4.57 Å². The van der Waals surface area contributed by atoms with E-state index in [1.165, 1.54) is 51.6 Å². The van der Waals surface area contributed by atoms with Crippen LogP contribution in [0.2, 0.25) is 0 Å². The van der Waals surface area contributed by atoms with Crippen LogP contribution in [0.5, 0.6) is 0 Å². The highest BCUT2D eigenvalue weighted by Crippen LogP contribution is 2.35. The molecule has 0 rings (SSSR count). The predicted molar refractivity (Wildman–Crippen MR) is 90.6 cm³/mol. The van der Waals surface area contributed by atoms with Crippen molar-refractivity contribution in [3.63, 3.8) is 0 Å². The summed E-state index contributed by atoms with van der Waals surface area (Å²) in [7, 11) is 0.809. The van der Waals surface area contributed by atoms with Gasteiger partial charge in [0.05, 0.1) is 27.2 Å². The Bertz CT molecular complexity index is 289. The number of unbranched alkanes of at least 4 members (excludes halogenated alkanes) is 8. The van der Waals surface area contributed by atoms with Gasteiger partial charge in [0.25, 0.3) is 0 Å². The van der Waals surface area contributed by atoms with Gasteiger partial charge >= 0.3 is 7.60 Å². The van der Waals surface area contributed by atoms with Gasteiger partial charge < -0.3 is 14.3 Å². The minimum absolute atomic E-state index is 0.0447. The SMILES string of the molecule is CCCCCCCC[N+](C)(C)CCCCCCP(=O)(O)O. The molecule has 0 spiro atoms. The monoisotopic (exact) mass is 322 g/mol. The Morgan fingerprint density at radius 1 is 0.762 bits per heavy atom. The van der Waals surface area contributed by atoms with Crippen molar-refractivity contribution in [1.29, 1.82) is 0 Å². The smallest absolute Gasteiger partial charge is 0.325 e. The lowest BCUT2D eigenvalue weighted by Gasteiger charge is -2.30. The van der Waals surface area contributed by atoms with Gasteiger partial charge in [0, 0.05) is 6.16 Å². The Kier molecular flexibility index (Phi) is 11.7. The van der Waals surface area contributed by atoms with Crippen LogP contribution in [0.3, 0.4) is 0 Å². The summed E-state index contributed by atoms with van der Waals surface area (Å²) in [5.41, 5.74) is 0. The maximum Gasteiger partial charge on any atom is 0.325 e. The zero-order valence-corrected chi connectivity index (χ0v) is 15.3. The molecule has 0 saturated carbocycles. The topological polar surface area (TPSA) is 57.5 Å². The quantitative estimate of drug-likeness (QED) is 0.287. The third-order valence-electron chi connectivity index (χ3n) is 4.08. The van der Waals surface area contributed by atoms with Crippen molar-refractivity contribution in [2.24, 2.45) is 0 Å². The number of quaternary nitrogens is 1. The first kappa shape index (κ1) is 21.1. The Balaban J connectivity index is 3.48. The second-order valence-electron chi connectivity index (χ2n) is 6.95. The molecule has 0 radical (unpaired) electrons. The molecule has 0 aromatic rings. The zero-order chi connectivity index (χ0) is 16.2. The molecule has 0 aromatic carbocycles. The molecule has 0 saturated heterocycles. The third kappa shape index (κ3) is 16.3. The first-order valence-electron chi connectivity index (χ1n) is 8.63. The second kappa shape index (κ2) is 11.6. The van der Waals surface area contributed by atoms with Gasteiger partial charge in [0.15, 0.2) is 0 Å². The summed E-state index contributed by atoms with van der Waals surface area (Å²) in [6.45, 7) is 4.67. The summed E-state index contributed by atoms with van der Waals surface area (Å²) in [5, 5.41) is 0. The molecule has 5 heteroatoms. The van der Waals surface area contributed by atoms with Crippen molar-refractivity contribution in [2.45, 2.75) is 71.1 Å². The largest absolute Gasteiger partial charge is 0.328 e. The maximum atomic E-state index is 10.7. The molecule has 0 heterocycles. The normalized spacial score (nSPS) is 12.8. The summed E-state index contributed by atoms with van der Waals surface area (Å²) in [6, 6.07) is 0. The van der Waals surface area contributed by atoms with Crippen LogP contribution in [0, 0.1) is 0 Å². The minimum atomic E-state index is -3.78. The molecule has 0 aliphatic rings. The summed E-state index contributed by atoms with van der Waals surface area (Å²) in [4.78, 5) is 17.6. The van der Waals surface area contributed by atoms with Gasteiger partial charge in [-0.25, -0.2) is 0 Å². The zero-order valence-electron chi connectivity index (χ0n) is 14.4.